The number of aromatic carboxylic acids is 1. The number of carbonyl (C=O) groups is 1. The summed E-state index contributed by atoms with van der Waals surface area (Å²) in [4.78, 5) is 11.8. The van der Waals surface area contributed by atoms with E-state index in [4.69, 9.17) is 4.42 Å². The summed E-state index contributed by atoms with van der Waals surface area (Å²) in [6.45, 7) is 4.84. The van der Waals surface area contributed by atoms with Gasteiger partial charge in [0.1, 0.15) is 22.7 Å². The first-order valence-corrected chi connectivity index (χ1v) is 7.56. The van der Waals surface area contributed by atoms with Crippen LogP contribution in [0, 0.1) is 5.82 Å². The van der Waals surface area contributed by atoms with E-state index in [1.165, 1.54) is 24.3 Å². The molecule has 120 valence electrons. The molecule has 5 heteroatoms. The fraction of sp³-hybridized carbons (Fsp3) is 0.105. The highest BCUT2D eigenvalue weighted by atomic mass is 19.1. The van der Waals surface area contributed by atoms with Gasteiger partial charge in [-0.3, -0.25) is 0 Å². The van der Waals surface area contributed by atoms with Crippen molar-refractivity contribution in [3.63, 3.8) is 0 Å². The van der Waals surface area contributed by atoms with Crippen molar-refractivity contribution in [1.29, 1.82) is 0 Å². The summed E-state index contributed by atoms with van der Waals surface area (Å²) in [5, 5.41) is 13.5. The fourth-order valence-electron chi connectivity index (χ4n) is 3.08. The summed E-state index contributed by atoms with van der Waals surface area (Å²) in [6, 6.07) is 9.19. The molecule has 0 fully saturated rings. The van der Waals surface area contributed by atoms with E-state index in [1.807, 2.05) is 0 Å². The topological polar surface area (TPSA) is 62.5 Å². The zero-order valence-corrected chi connectivity index (χ0v) is 12.7. The van der Waals surface area contributed by atoms with Gasteiger partial charge in [-0.15, -0.1) is 0 Å². The van der Waals surface area contributed by atoms with E-state index in [0.717, 1.165) is 29.8 Å². The molecule has 3 aromatic rings. The first-order valence-electron chi connectivity index (χ1n) is 7.56. The third kappa shape index (κ3) is 2.17. The number of hydrogen-bond donors (Lipinski definition) is 2. The van der Waals surface area contributed by atoms with Gasteiger partial charge in [-0.2, -0.15) is 0 Å². The van der Waals surface area contributed by atoms with E-state index in [-0.39, 0.29) is 17.1 Å². The summed E-state index contributed by atoms with van der Waals surface area (Å²) in [5.41, 5.74) is 3.84. The van der Waals surface area contributed by atoms with Gasteiger partial charge in [0, 0.05) is 34.8 Å². The predicted octanol–water partition coefficient (Wildman–Crippen LogP) is 4.77. The third-order valence-electron chi connectivity index (χ3n) is 4.27. The SMILES string of the molecule is C=C1CCNc2cc3oc(-c4ccc(F)cc4)c(C(=O)O)c3cc21. The molecule has 0 saturated carbocycles. The van der Waals surface area contributed by atoms with Gasteiger partial charge in [-0.05, 0) is 42.3 Å². The maximum atomic E-state index is 13.1. The highest BCUT2D eigenvalue weighted by Gasteiger charge is 2.24. The molecular formula is C19H14FNO3. The van der Waals surface area contributed by atoms with Crippen LogP contribution >= 0.6 is 0 Å². The zero-order chi connectivity index (χ0) is 16.8. The molecular weight excluding hydrogens is 309 g/mol. The quantitative estimate of drug-likeness (QED) is 0.713. The Morgan fingerprint density at radius 3 is 2.71 bits per heavy atom. The summed E-state index contributed by atoms with van der Waals surface area (Å²) in [6.07, 6.45) is 0.809. The number of halogens is 1. The molecule has 4 rings (SSSR count). The van der Waals surface area contributed by atoms with Gasteiger partial charge in [-0.25, -0.2) is 9.18 Å². The highest BCUT2D eigenvalue weighted by molar-refractivity contribution is 6.09. The summed E-state index contributed by atoms with van der Waals surface area (Å²) >= 11 is 0. The number of anilines is 1. The van der Waals surface area contributed by atoms with Crippen LogP contribution in [0.25, 0.3) is 27.9 Å². The normalized spacial score (nSPS) is 13.6. The van der Waals surface area contributed by atoms with E-state index >= 15 is 0 Å². The van der Waals surface area contributed by atoms with E-state index in [2.05, 4.69) is 11.9 Å². The van der Waals surface area contributed by atoms with Crippen molar-refractivity contribution in [2.75, 3.05) is 11.9 Å². The lowest BCUT2D eigenvalue weighted by molar-refractivity contribution is 0.0699. The molecule has 4 nitrogen and oxygen atoms in total. The van der Waals surface area contributed by atoms with Crippen LogP contribution in [0.5, 0.6) is 0 Å². The maximum absolute atomic E-state index is 13.1. The molecule has 1 aliphatic rings. The lowest BCUT2D eigenvalue weighted by Gasteiger charge is -2.19. The number of hydrogen-bond acceptors (Lipinski definition) is 3. The second-order valence-electron chi connectivity index (χ2n) is 5.79. The van der Waals surface area contributed by atoms with Gasteiger partial charge in [0.15, 0.2) is 0 Å². The van der Waals surface area contributed by atoms with Crippen molar-refractivity contribution in [3.05, 3.63) is 59.9 Å². The maximum Gasteiger partial charge on any atom is 0.340 e. The molecule has 1 aromatic heterocycles. The Labute approximate surface area is 137 Å². The van der Waals surface area contributed by atoms with Gasteiger partial charge in [0.2, 0.25) is 0 Å². The molecule has 0 unspecified atom stereocenters. The summed E-state index contributed by atoms with van der Waals surface area (Å²) < 4.78 is 19.0. The predicted molar refractivity (Wildman–Crippen MR) is 90.7 cm³/mol. The molecule has 0 radical (unpaired) electrons. The Morgan fingerprint density at radius 1 is 1.25 bits per heavy atom. The van der Waals surface area contributed by atoms with Gasteiger partial charge >= 0.3 is 5.97 Å². The van der Waals surface area contributed by atoms with Crippen molar-refractivity contribution in [3.8, 4) is 11.3 Å². The lowest BCUT2D eigenvalue weighted by Crippen LogP contribution is -2.10. The van der Waals surface area contributed by atoms with Crippen molar-refractivity contribution in [2.45, 2.75) is 6.42 Å². The van der Waals surface area contributed by atoms with Gasteiger partial charge < -0.3 is 14.8 Å². The minimum Gasteiger partial charge on any atom is -0.478 e. The van der Waals surface area contributed by atoms with Crippen LogP contribution in [-0.4, -0.2) is 17.6 Å². The van der Waals surface area contributed by atoms with Gasteiger partial charge in [-0.1, -0.05) is 6.58 Å². The van der Waals surface area contributed by atoms with Crippen LogP contribution in [0.3, 0.4) is 0 Å². The largest absolute Gasteiger partial charge is 0.478 e. The smallest absolute Gasteiger partial charge is 0.340 e. The Bertz CT molecular complexity index is 986. The Kier molecular flexibility index (Phi) is 3.16. The summed E-state index contributed by atoms with van der Waals surface area (Å²) in [7, 11) is 0. The highest BCUT2D eigenvalue weighted by Crippen LogP contribution is 2.39. The zero-order valence-electron chi connectivity index (χ0n) is 12.7. The van der Waals surface area contributed by atoms with E-state index in [9.17, 15) is 14.3 Å². The third-order valence-corrected chi connectivity index (χ3v) is 4.27. The number of carboxylic acids is 1. The Hall–Kier alpha value is -3.08. The molecule has 0 spiro atoms. The van der Waals surface area contributed by atoms with Crippen molar-refractivity contribution in [1.82, 2.24) is 0 Å². The molecule has 0 amide bonds. The van der Waals surface area contributed by atoms with E-state index in [0.29, 0.717) is 16.5 Å². The van der Waals surface area contributed by atoms with Crippen molar-refractivity contribution >= 4 is 28.2 Å². The molecule has 1 aliphatic heterocycles. The minimum atomic E-state index is -1.08. The van der Waals surface area contributed by atoms with Crippen LogP contribution in [0.1, 0.15) is 22.3 Å². The number of carboxylic acid groups (broad SMARTS) is 1. The van der Waals surface area contributed by atoms with Crippen molar-refractivity contribution in [2.24, 2.45) is 0 Å². The van der Waals surface area contributed by atoms with Crippen molar-refractivity contribution < 1.29 is 18.7 Å². The summed E-state index contributed by atoms with van der Waals surface area (Å²) in [5.74, 6) is -1.24. The molecule has 24 heavy (non-hydrogen) atoms. The molecule has 2 heterocycles. The Morgan fingerprint density at radius 2 is 2.00 bits per heavy atom. The number of benzene rings is 2. The van der Waals surface area contributed by atoms with Crippen LogP contribution in [0.4, 0.5) is 10.1 Å². The molecule has 0 saturated heterocycles. The number of fused-ring (bicyclic) bond motifs is 2. The van der Waals surface area contributed by atoms with Crippen LogP contribution in [0.15, 0.2) is 47.4 Å². The van der Waals surface area contributed by atoms with Crippen LogP contribution in [0.2, 0.25) is 0 Å². The number of rotatable bonds is 2. The Balaban J connectivity index is 2.01. The molecule has 2 aromatic carbocycles. The van der Waals surface area contributed by atoms with E-state index < -0.39 is 5.97 Å². The average molecular weight is 323 g/mol. The molecule has 0 atom stereocenters. The van der Waals surface area contributed by atoms with Crippen LogP contribution < -0.4 is 5.32 Å². The number of nitrogens with one attached hydrogen (secondary N) is 1. The second kappa shape index (κ2) is 5.23. The van der Waals surface area contributed by atoms with Crippen LogP contribution in [-0.2, 0) is 0 Å². The average Bonchev–Trinajstić information content (AvgIpc) is 2.92. The van der Waals surface area contributed by atoms with E-state index in [1.54, 1.807) is 12.1 Å². The lowest BCUT2D eigenvalue weighted by atomic mass is 9.95. The standard InChI is InChI=1S/C19H14FNO3/c1-10-6-7-21-15-9-16-14(8-13(10)15)17(19(22)23)18(24-16)11-2-4-12(20)5-3-11/h2-5,8-9,21H,1,6-7H2,(H,22,23). The molecule has 0 bridgehead atoms. The van der Waals surface area contributed by atoms with Gasteiger partial charge in [0.25, 0.3) is 0 Å². The number of furan rings is 1. The monoisotopic (exact) mass is 323 g/mol. The minimum absolute atomic E-state index is 0.0813. The molecule has 0 aliphatic carbocycles. The molecule has 2 N–H and O–H groups in total. The van der Waals surface area contributed by atoms with Gasteiger partial charge in [0.05, 0.1) is 0 Å². The second-order valence-corrected chi connectivity index (χ2v) is 5.79. The first-order chi connectivity index (χ1) is 11.5. The fourth-order valence-corrected chi connectivity index (χ4v) is 3.08. The first kappa shape index (κ1) is 14.5.